The van der Waals surface area contributed by atoms with Crippen LogP contribution in [0.3, 0.4) is 0 Å². The molecule has 0 atom stereocenters. The van der Waals surface area contributed by atoms with E-state index in [1.54, 1.807) is 0 Å². The Balaban J connectivity index is 3.95. The second-order valence-electron chi connectivity index (χ2n) is 2.84. The van der Waals surface area contributed by atoms with Crippen molar-refractivity contribution in [1.82, 2.24) is 0 Å². The van der Waals surface area contributed by atoms with Gasteiger partial charge in [-0.3, -0.25) is 0 Å². The summed E-state index contributed by atoms with van der Waals surface area (Å²) in [5.41, 5.74) is 0. The van der Waals surface area contributed by atoms with Crippen molar-refractivity contribution >= 4 is 0 Å². The molecule has 0 amide bonds. The van der Waals surface area contributed by atoms with E-state index in [2.05, 4.69) is 0 Å². The molecule has 0 spiro atoms. The molecule has 0 aromatic carbocycles. The van der Waals surface area contributed by atoms with Crippen LogP contribution < -0.4 is 0 Å². The lowest BCUT2D eigenvalue weighted by Crippen LogP contribution is -2.23. The van der Waals surface area contributed by atoms with Crippen LogP contribution in [0.4, 0.5) is 0 Å². The molecule has 3 heteroatoms. The zero-order chi connectivity index (χ0) is 11.5. The summed E-state index contributed by atoms with van der Waals surface area (Å²) in [7, 11) is 0. The maximum atomic E-state index is 5.52. The third kappa shape index (κ3) is 7.17. The van der Waals surface area contributed by atoms with Crippen LogP contribution in [0, 0.1) is 0 Å². The smallest absolute Gasteiger partial charge is 0.191 e. The van der Waals surface area contributed by atoms with Crippen molar-refractivity contribution < 1.29 is 14.2 Å². The van der Waals surface area contributed by atoms with Crippen LogP contribution in [-0.2, 0) is 14.2 Å². The standard InChI is InChI=1S/C12H22O3/c1-5-9-11(6-2)15-10-12(13-7-3)14-8-4/h5-6,9,12H,7-8,10H2,1-4H3. The third-order valence-corrected chi connectivity index (χ3v) is 1.71. The predicted molar refractivity (Wildman–Crippen MR) is 61.6 cm³/mol. The number of hydrogen-bond acceptors (Lipinski definition) is 3. The van der Waals surface area contributed by atoms with Crippen molar-refractivity contribution in [3.8, 4) is 0 Å². The number of rotatable bonds is 8. The minimum Gasteiger partial charge on any atom is -0.489 e. The number of ether oxygens (including phenoxy) is 3. The fourth-order valence-corrected chi connectivity index (χ4v) is 1.07. The number of hydrogen-bond donors (Lipinski definition) is 0. The first-order valence-corrected chi connectivity index (χ1v) is 5.43. The Bertz CT molecular complexity index is 191. The maximum absolute atomic E-state index is 5.52. The van der Waals surface area contributed by atoms with Gasteiger partial charge in [0.25, 0.3) is 0 Å². The lowest BCUT2D eigenvalue weighted by atomic mass is 10.4. The van der Waals surface area contributed by atoms with E-state index < -0.39 is 0 Å². The average molecular weight is 214 g/mol. The van der Waals surface area contributed by atoms with Gasteiger partial charge in [-0.25, -0.2) is 0 Å². The highest BCUT2D eigenvalue weighted by molar-refractivity contribution is 5.09. The zero-order valence-electron chi connectivity index (χ0n) is 10.2. The van der Waals surface area contributed by atoms with E-state index in [1.807, 2.05) is 45.9 Å². The lowest BCUT2D eigenvalue weighted by molar-refractivity contribution is -0.159. The van der Waals surface area contributed by atoms with Crippen LogP contribution in [0.25, 0.3) is 0 Å². The van der Waals surface area contributed by atoms with E-state index in [0.29, 0.717) is 19.8 Å². The van der Waals surface area contributed by atoms with Crippen molar-refractivity contribution in [3.05, 3.63) is 24.0 Å². The first-order valence-electron chi connectivity index (χ1n) is 5.43. The Morgan fingerprint density at radius 3 is 2.13 bits per heavy atom. The van der Waals surface area contributed by atoms with E-state index in [9.17, 15) is 0 Å². The van der Waals surface area contributed by atoms with E-state index in [0.717, 1.165) is 5.76 Å². The van der Waals surface area contributed by atoms with E-state index in [4.69, 9.17) is 14.2 Å². The molecule has 88 valence electrons. The van der Waals surface area contributed by atoms with Gasteiger partial charge in [0.1, 0.15) is 12.4 Å². The van der Waals surface area contributed by atoms with Gasteiger partial charge in [-0.05, 0) is 39.8 Å². The molecule has 0 aliphatic rings. The lowest BCUT2D eigenvalue weighted by Gasteiger charge is -2.17. The summed E-state index contributed by atoms with van der Waals surface area (Å²) >= 11 is 0. The van der Waals surface area contributed by atoms with Crippen molar-refractivity contribution in [3.63, 3.8) is 0 Å². The van der Waals surface area contributed by atoms with Crippen LogP contribution >= 0.6 is 0 Å². The monoisotopic (exact) mass is 214 g/mol. The highest BCUT2D eigenvalue weighted by Crippen LogP contribution is 2.04. The molecule has 0 fully saturated rings. The van der Waals surface area contributed by atoms with Crippen LogP contribution in [0.1, 0.15) is 27.7 Å². The van der Waals surface area contributed by atoms with Crippen molar-refractivity contribution in [1.29, 1.82) is 0 Å². The number of allylic oxidation sites excluding steroid dienone is 3. The molecular weight excluding hydrogens is 192 g/mol. The van der Waals surface area contributed by atoms with Gasteiger partial charge in [-0.1, -0.05) is 6.08 Å². The molecular formula is C12H22O3. The zero-order valence-corrected chi connectivity index (χ0v) is 10.2. The molecule has 0 saturated heterocycles. The van der Waals surface area contributed by atoms with Gasteiger partial charge >= 0.3 is 0 Å². The molecule has 0 aliphatic heterocycles. The summed E-state index contributed by atoms with van der Waals surface area (Å²) in [5.74, 6) is 0.835. The second kappa shape index (κ2) is 9.74. The van der Waals surface area contributed by atoms with Crippen molar-refractivity contribution in [2.24, 2.45) is 0 Å². The second-order valence-corrected chi connectivity index (χ2v) is 2.84. The summed E-state index contributed by atoms with van der Waals surface area (Å²) in [6.45, 7) is 9.45. The minimum absolute atomic E-state index is 0.278. The first kappa shape index (κ1) is 14.2. The topological polar surface area (TPSA) is 27.7 Å². The minimum atomic E-state index is -0.278. The largest absolute Gasteiger partial charge is 0.489 e. The van der Waals surface area contributed by atoms with Gasteiger partial charge in [0.2, 0.25) is 0 Å². The van der Waals surface area contributed by atoms with Gasteiger partial charge in [-0.15, -0.1) is 0 Å². The van der Waals surface area contributed by atoms with Crippen LogP contribution in [0.15, 0.2) is 24.0 Å². The van der Waals surface area contributed by atoms with Crippen LogP contribution in [0.2, 0.25) is 0 Å². The van der Waals surface area contributed by atoms with Gasteiger partial charge in [0.15, 0.2) is 6.29 Å². The highest BCUT2D eigenvalue weighted by atomic mass is 16.7. The summed E-state index contributed by atoms with van der Waals surface area (Å²) in [6.07, 6.45) is 5.48. The van der Waals surface area contributed by atoms with E-state index in [-0.39, 0.29) is 6.29 Å². The fraction of sp³-hybridized carbons (Fsp3) is 0.667. The maximum Gasteiger partial charge on any atom is 0.191 e. The molecule has 0 rings (SSSR count). The van der Waals surface area contributed by atoms with Gasteiger partial charge in [0, 0.05) is 13.2 Å². The van der Waals surface area contributed by atoms with Gasteiger partial charge in [-0.2, -0.15) is 0 Å². The Morgan fingerprint density at radius 1 is 1.13 bits per heavy atom. The van der Waals surface area contributed by atoms with E-state index >= 15 is 0 Å². The summed E-state index contributed by atoms with van der Waals surface area (Å²) in [6, 6.07) is 0. The molecule has 0 radical (unpaired) electrons. The molecule has 3 nitrogen and oxygen atoms in total. The Kier molecular flexibility index (Phi) is 9.22. The quantitative estimate of drug-likeness (QED) is 0.353. The average Bonchev–Trinajstić information content (AvgIpc) is 2.24. The Hall–Kier alpha value is -0.800. The highest BCUT2D eigenvalue weighted by Gasteiger charge is 2.08. The molecule has 0 heterocycles. The Morgan fingerprint density at radius 2 is 1.73 bits per heavy atom. The Labute approximate surface area is 92.7 Å². The van der Waals surface area contributed by atoms with Crippen molar-refractivity contribution in [2.45, 2.75) is 34.0 Å². The van der Waals surface area contributed by atoms with Crippen LogP contribution in [0.5, 0.6) is 0 Å². The predicted octanol–water partition coefficient (Wildman–Crippen LogP) is 2.88. The SMILES string of the molecule is CC=CC(=CC)OCC(OCC)OCC. The molecule has 0 N–H and O–H groups in total. The molecule has 0 saturated carbocycles. The summed E-state index contributed by atoms with van der Waals surface area (Å²) in [5, 5.41) is 0. The molecule has 15 heavy (non-hydrogen) atoms. The molecule has 0 aromatic heterocycles. The van der Waals surface area contributed by atoms with E-state index in [1.165, 1.54) is 0 Å². The molecule has 0 aliphatic carbocycles. The summed E-state index contributed by atoms with van der Waals surface area (Å²) in [4.78, 5) is 0. The van der Waals surface area contributed by atoms with Gasteiger partial charge in [0.05, 0.1) is 0 Å². The molecule has 0 aromatic rings. The summed E-state index contributed by atoms with van der Waals surface area (Å²) < 4.78 is 16.2. The van der Waals surface area contributed by atoms with Crippen molar-refractivity contribution in [2.75, 3.05) is 19.8 Å². The normalized spacial score (nSPS) is 12.7. The third-order valence-electron chi connectivity index (χ3n) is 1.71. The first-order chi connectivity index (χ1) is 7.28. The fourth-order valence-electron chi connectivity index (χ4n) is 1.07. The van der Waals surface area contributed by atoms with Crippen LogP contribution in [-0.4, -0.2) is 26.1 Å². The molecule has 0 bridgehead atoms. The molecule has 0 unspecified atom stereocenters. The van der Waals surface area contributed by atoms with Gasteiger partial charge < -0.3 is 14.2 Å².